The number of rotatable bonds is 3. The minimum absolute atomic E-state index is 0.288. The molecule has 0 aliphatic rings. The average molecular weight is 246 g/mol. The van der Waals surface area contributed by atoms with E-state index in [1.807, 2.05) is 32.0 Å². The third-order valence-corrected chi connectivity index (χ3v) is 2.99. The predicted octanol–water partition coefficient (Wildman–Crippen LogP) is 2.85. The molecule has 94 valence electrons. The highest BCUT2D eigenvalue weighted by Gasteiger charge is 2.18. The summed E-state index contributed by atoms with van der Waals surface area (Å²) in [4.78, 5) is 9.97. The summed E-state index contributed by atoms with van der Waals surface area (Å²) in [6.07, 6.45) is 0. The fourth-order valence-electron chi connectivity index (χ4n) is 1.73. The fraction of sp³-hybridized carbons (Fsp3) is 0.231. The Labute approximate surface area is 104 Å². The largest absolute Gasteiger partial charge is 0.433 e. The molecule has 0 saturated carbocycles. The van der Waals surface area contributed by atoms with Crippen LogP contribution in [0.4, 0.5) is 5.88 Å². The molecule has 0 radical (unpaired) electrons. The predicted molar refractivity (Wildman–Crippen MR) is 67.3 cm³/mol. The van der Waals surface area contributed by atoms with Crippen molar-refractivity contribution in [1.82, 2.24) is 0 Å². The average Bonchev–Trinajstić information content (AvgIpc) is 2.81. The third kappa shape index (κ3) is 2.26. The Morgan fingerprint density at radius 2 is 1.94 bits per heavy atom. The van der Waals surface area contributed by atoms with Crippen LogP contribution in [-0.2, 0) is 0 Å². The number of nitrogens with two attached hydrogens (primary N) is 1. The van der Waals surface area contributed by atoms with Crippen molar-refractivity contribution < 1.29 is 9.34 Å². The number of hydrogen-bond donors (Lipinski definition) is 1. The van der Waals surface area contributed by atoms with Crippen molar-refractivity contribution in [3.63, 3.8) is 0 Å². The molecule has 2 N–H and O–H groups in total. The first-order valence-electron chi connectivity index (χ1n) is 5.56. The van der Waals surface area contributed by atoms with Gasteiger partial charge in [-0.2, -0.15) is 0 Å². The minimum atomic E-state index is -0.573. The molecule has 0 aliphatic carbocycles. The van der Waals surface area contributed by atoms with E-state index in [-0.39, 0.29) is 5.88 Å². The summed E-state index contributed by atoms with van der Waals surface area (Å²) < 4.78 is 5.11. The van der Waals surface area contributed by atoms with E-state index in [2.05, 4.69) is 0 Å². The van der Waals surface area contributed by atoms with E-state index in [1.54, 1.807) is 0 Å². The Bertz CT molecular complexity index is 590. The Morgan fingerprint density at radius 3 is 2.50 bits per heavy atom. The minimum Gasteiger partial charge on any atom is -0.404 e. The Morgan fingerprint density at radius 1 is 1.22 bits per heavy atom. The molecule has 18 heavy (non-hydrogen) atoms. The maximum atomic E-state index is 10.5. The molecule has 1 aromatic heterocycles. The van der Waals surface area contributed by atoms with E-state index >= 15 is 0 Å². The molecule has 0 amide bonds. The van der Waals surface area contributed by atoms with E-state index in [4.69, 9.17) is 10.2 Å². The molecule has 5 nitrogen and oxygen atoms in total. The SMILES string of the molecule is Cc1ccc(C(N)c2ccc([N+](=O)[O-])o2)cc1C. The third-order valence-electron chi connectivity index (χ3n) is 2.99. The first-order chi connectivity index (χ1) is 8.49. The number of benzene rings is 1. The van der Waals surface area contributed by atoms with Crippen molar-refractivity contribution >= 4 is 5.88 Å². The molecule has 0 aliphatic heterocycles. The van der Waals surface area contributed by atoms with Gasteiger partial charge < -0.3 is 10.2 Å². The highest BCUT2D eigenvalue weighted by atomic mass is 16.6. The van der Waals surface area contributed by atoms with Crippen LogP contribution in [-0.4, -0.2) is 4.92 Å². The topological polar surface area (TPSA) is 82.3 Å². The van der Waals surface area contributed by atoms with E-state index in [9.17, 15) is 10.1 Å². The Balaban J connectivity index is 2.31. The number of nitro groups is 1. The summed E-state index contributed by atoms with van der Waals surface area (Å²) in [6, 6.07) is 8.21. The van der Waals surface area contributed by atoms with Gasteiger partial charge in [0.25, 0.3) is 0 Å². The second-order valence-corrected chi connectivity index (χ2v) is 4.25. The number of furan rings is 1. The van der Waals surface area contributed by atoms with Crippen molar-refractivity contribution in [3.8, 4) is 0 Å². The molecule has 2 rings (SSSR count). The molecule has 1 atom stereocenters. The Kier molecular flexibility index (Phi) is 3.16. The molecule has 0 bridgehead atoms. The van der Waals surface area contributed by atoms with Crippen molar-refractivity contribution in [1.29, 1.82) is 0 Å². The summed E-state index contributed by atoms with van der Waals surface area (Å²) in [5.74, 6) is 0.106. The molecule has 1 aromatic carbocycles. The van der Waals surface area contributed by atoms with Gasteiger partial charge >= 0.3 is 5.88 Å². The molecule has 5 heteroatoms. The summed E-state index contributed by atoms with van der Waals surface area (Å²) in [5, 5.41) is 10.5. The van der Waals surface area contributed by atoms with Gasteiger partial charge in [-0.1, -0.05) is 18.2 Å². The van der Waals surface area contributed by atoms with E-state index in [0.717, 1.165) is 11.1 Å². The lowest BCUT2D eigenvalue weighted by Gasteiger charge is -2.10. The van der Waals surface area contributed by atoms with Crippen LogP contribution in [0.15, 0.2) is 34.7 Å². The van der Waals surface area contributed by atoms with Gasteiger partial charge in [0, 0.05) is 0 Å². The van der Waals surface area contributed by atoms with Gasteiger partial charge in [-0.05, 0) is 36.6 Å². The van der Waals surface area contributed by atoms with Gasteiger partial charge in [0.15, 0.2) is 0 Å². The van der Waals surface area contributed by atoms with Gasteiger partial charge in [-0.25, -0.2) is 0 Å². The van der Waals surface area contributed by atoms with Crippen LogP contribution in [0.2, 0.25) is 0 Å². The molecule has 0 saturated heterocycles. The van der Waals surface area contributed by atoms with E-state index in [1.165, 1.54) is 17.7 Å². The monoisotopic (exact) mass is 246 g/mol. The summed E-state index contributed by atoms with van der Waals surface area (Å²) in [6.45, 7) is 4.01. The van der Waals surface area contributed by atoms with Crippen molar-refractivity contribution in [2.24, 2.45) is 5.73 Å². The lowest BCUT2D eigenvalue weighted by Crippen LogP contribution is -2.11. The maximum Gasteiger partial charge on any atom is 0.433 e. The van der Waals surface area contributed by atoms with Gasteiger partial charge in [0.2, 0.25) is 0 Å². The standard InChI is InChI=1S/C13H14N2O3/c1-8-3-4-10(7-9(8)2)13(14)11-5-6-12(18-11)15(16)17/h3-7,13H,14H2,1-2H3. The zero-order chi connectivity index (χ0) is 13.3. The van der Waals surface area contributed by atoms with Gasteiger partial charge in [0.1, 0.15) is 10.7 Å². The van der Waals surface area contributed by atoms with Crippen LogP contribution in [0.5, 0.6) is 0 Å². The Hall–Kier alpha value is -2.14. The van der Waals surface area contributed by atoms with Crippen LogP contribution in [0.1, 0.15) is 28.5 Å². The quantitative estimate of drug-likeness (QED) is 0.666. The summed E-state index contributed by atoms with van der Waals surface area (Å²) >= 11 is 0. The molecular formula is C13H14N2O3. The lowest BCUT2D eigenvalue weighted by atomic mass is 10.0. The van der Waals surface area contributed by atoms with Crippen LogP contribution >= 0.6 is 0 Å². The number of aryl methyl sites for hydroxylation is 2. The summed E-state index contributed by atoms with van der Waals surface area (Å²) in [7, 11) is 0. The van der Waals surface area contributed by atoms with E-state index in [0.29, 0.717) is 5.76 Å². The van der Waals surface area contributed by atoms with Gasteiger partial charge in [0.05, 0.1) is 12.1 Å². The number of hydrogen-bond acceptors (Lipinski definition) is 4. The molecule has 1 heterocycles. The molecule has 0 fully saturated rings. The zero-order valence-electron chi connectivity index (χ0n) is 10.2. The second-order valence-electron chi connectivity index (χ2n) is 4.25. The maximum absolute atomic E-state index is 10.5. The summed E-state index contributed by atoms with van der Waals surface area (Å²) in [5.41, 5.74) is 9.22. The number of nitrogens with zero attached hydrogens (tertiary/aromatic N) is 1. The van der Waals surface area contributed by atoms with Crippen molar-refractivity contribution in [3.05, 3.63) is 62.9 Å². The molecule has 2 aromatic rings. The van der Waals surface area contributed by atoms with Crippen molar-refractivity contribution in [2.75, 3.05) is 0 Å². The van der Waals surface area contributed by atoms with Crippen molar-refractivity contribution in [2.45, 2.75) is 19.9 Å². The lowest BCUT2D eigenvalue weighted by molar-refractivity contribution is -0.402. The molecule has 1 unspecified atom stereocenters. The van der Waals surface area contributed by atoms with Gasteiger partial charge in [-0.15, -0.1) is 0 Å². The fourth-order valence-corrected chi connectivity index (χ4v) is 1.73. The van der Waals surface area contributed by atoms with Crippen LogP contribution in [0.3, 0.4) is 0 Å². The van der Waals surface area contributed by atoms with Crippen LogP contribution in [0, 0.1) is 24.0 Å². The van der Waals surface area contributed by atoms with Crippen LogP contribution in [0.25, 0.3) is 0 Å². The van der Waals surface area contributed by atoms with Crippen LogP contribution < -0.4 is 5.73 Å². The molecular weight excluding hydrogens is 232 g/mol. The second kappa shape index (κ2) is 4.62. The molecule has 0 spiro atoms. The zero-order valence-corrected chi connectivity index (χ0v) is 10.2. The first-order valence-corrected chi connectivity index (χ1v) is 5.56. The first kappa shape index (κ1) is 12.3. The normalized spacial score (nSPS) is 12.4. The van der Waals surface area contributed by atoms with E-state index < -0.39 is 11.0 Å². The highest BCUT2D eigenvalue weighted by molar-refractivity contribution is 5.35. The smallest absolute Gasteiger partial charge is 0.404 e. The van der Waals surface area contributed by atoms with Gasteiger partial charge in [-0.3, -0.25) is 10.1 Å². The highest BCUT2D eigenvalue weighted by Crippen LogP contribution is 2.26.